The molecular formula is C9H8LaO7. The largest absolute Gasteiger partial charge is 0.478 e. The van der Waals surface area contributed by atoms with Crippen molar-refractivity contribution in [3.63, 3.8) is 0 Å². The van der Waals surface area contributed by atoms with Crippen molar-refractivity contribution in [3.8, 4) is 0 Å². The first-order chi connectivity index (χ1) is 6.93. The van der Waals surface area contributed by atoms with Crippen molar-refractivity contribution in [2.75, 3.05) is 0 Å². The molecule has 0 bridgehead atoms. The first-order valence-electron chi connectivity index (χ1n) is 3.77. The summed E-state index contributed by atoms with van der Waals surface area (Å²) >= 11 is 0. The summed E-state index contributed by atoms with van der Waals surface area (Å²) in [6.45, 7) is 0. The van der Waals surface area contributed by atoms with E-state index < -0.39 is 29.0 Å². The van der Waals surface area contributed by atoms with Gasteiger partial charge in [0.2, 0.25) is 0 Å². The Balaban J connectivity index is 0. The fraction of sp³-hybridized carbons (Fsp3) is 0. The molecule has 0 unspecified atom stereocenters. The minimum absolute atomic E-state index is 0. The van der Waals surface area contributed by atoms with Gasteiger partial charge in [0.15, 0.2) is 0 Å². The Labute approximate surface area is 123 Å². The number of benzene rings is 1. The summed E-state index contributed by atoms with van der Waals surface area (Å²) in [7, 11) is 0. The number of carboxylic acid groups (broad SMARTS) is 3. The van der Waals surface area contributed by atoms with E-state index >= 15 is 0 Å². The summed E-state index contributed by atoms with van der Waals surface area (Å²) in [4.78, 5) is 31.8. The van der Waals surface area contributed by atoms with Crippen LogP contribution in [-0.4, -0.2) is 38.7 Å². The fourth-order valence-electron chi connectivity index (χ4n) is 1.04. The van der Waals surface area contributed by atoms with Crippen molar-refractivity contribution in [2.45, 2.75) is 0 Å². The van der Waals surface area contributed by atoms with Gasteiger partial charge in [-0.15, -0.1) is 0 Å². The Kier molecular flexibility index (Phi) is 7.67. The first kappa shape index (κ1) is 18.2. The van der Waals surface area contributed by atoms with Crippen molar-refractivity contribution in [2.24, 2.45) is 0 Å². The molecule has 0 aliphatic rings. The molecule has 0 saturated carbocycles. The Hall–Kier alpha value is -1.22. The fourth-order valence-corrected chi connectivity index (χ4v) is 1.04. The van der Waals surface area contributed by atoms with Gasteiger partial charge in [-0.05, 0) is 18.2 Å². The Bertz CT molecular complexity index is 455. The third kappa shape index (κ3) is 4.27. The molecule has 5 N–H and O–H groups in total. The van der Waals surface area contributed by atoms with Crippen LogP contribution in [-0.2, 0) is 0 Å². The maximum atomic E-state index is 10.6. The van der Waals surface area contributed by atoms with Crippen molar-refractivity contribution in [3.05, 3.63) is 34.9 Å². The van der Waals surface area contributed by atoms with E-state index in [9.17, 15) is 14.4 Å². The van der Waals surface area contributed by atoms with E-state index in [1.165, 1.54) is 0 Å². The van der Waals surface area contributed by atoms with Crippen LogP contribution in [0.2, 0.25) is 0 Å². The SMILES string of the molecule is O.O=C(O)c1ccc(C(=O)O)c(C(=O)O)c1.[La]. The van der Waals surface area contributed by atoms with Crippen LogP contribution in [0.5, 0.6) is 0 Å². The smallest absolute Gasteiger partial charge is 0.336 e. The van der Waals surface area contributed by atoms with Crippen LogP contribution in [0.15, 0.2) is 18.2 Å². The second-order valence-corrected chi connectivity index (χ2v) is 2.68. The molecule has 1 rings (SSSR count). The second kappa shape index (κ2) is 7.18. The quantitative estimate of drug-likeness (QED) is 0.684. The summed E-state index contributed by atoms with van der Waals surface area (Å²) in [5, 5.41) is 25.9. The maximum absolute atomic E-state index is 10.6. The van der Waals surface area contributed by atoms with Gasteiger partial charge in [0.1, 0.15) is 0 Å². The molecule has 0 spiro atoms. The maximum Gasteiger partial charge on any atom is 0.336 e. The molecular weight excluding hydrogens is 359 g/mol. The molecule has 0 aromatic heterocycles. The molecule has 89 valence electrons. The van der Waals surface area contributed by atoms with E-state index in [1.54, 1.807) is 0 Å². The van der Waals surface area contributed by atoms with Gasteiger partial charge in [-0.25, -0.2) is 14.4 Å². The zero-order chi connectivity index (χ0) is 11.6. The van der Waals surface area contributed by atoms with Gasteiger partial charge in [-0.3, -0.25) is 0 Å². The van der Waals surface area contributed by atoms with Gasteiger partial charge < -0.3 is 20.8 Å². The normalized spacial score (nSPS) is 8.47. The van der Waals surface area contributed by atoms with Gasteiger partial charge in [-0.2, -0.15) is 0 Å². The predicted octanol–water partition coefficient (Wildman–Crippen LogP) is -0.0435. The van der Waals surface area contributed by atoms with Crippen LogP contribution in [0.4, 0.5) is 0 Å². The Morgan fingerprint density at radius 2 is 1.29 bits per heavy atom. The van der Waals surface area contributed by atoms with E-state index in [0.717, 1.165) is 18.2 Å². The predicted molar refractivity (Wildman–Crippen MR) is 50.9 cm³/mol. The molecule has 0 aliphatic carbocycles. The minimum atomic E-state index is -1.48. The molecule has 1 radical (unpaired) electrons. The molecule has 1 aromatic rings. The number of carbonyl (C=O) groups is 3. The third-order valence-corrected chi connectivity index (χ3v) is 1.73. The van der Waals surface area contributed by atoms with Crippen molar-refractivity contribution < 1.29 is 70.8 Å². The Morgan fingerprint density at radius 3 is 1.65 bits per heavy atom. The standard InChI is InChI=1S/C9H6O6.La.H2O/c10-7(11)4-1-2-5(8(12)13)6(3-4)9(14)15;;/h1-3H,(H,10,11)(H,12,13)(H,14,15);;1H2. The van der Waals surface area contributed by atoms with E-state index in [-0.39, 0.29) is 46.6 Å². The summed E-state index contributed by atoms with van der Waals surface area (Å²) in [5.74, 6) is -4.20. The Morgan fingerprint density at radius 1 is 0.824 bits per heavy atom. The topological polar surface area (TPSA) is 143 Å². The number of rotatable bonds is 3. The average molecular weight is 367 g/mol. The van der Waals surface area contributed by atoms with Crippen LogP contribution < -0.4 is 0 Å². The van der Waals surface area contributed by atoms with Crippen LogP contribution >= 0.6 is 0 Å². The molecule has 0 amide bonds. The zero-order valence-electron chi connectivity index (χ0n) is 8.38. The average Bonchev–Trinajstić information content (AvgIpc) is 2.16. The van der Waals surface area contributed by atoms with Crippen LogP contribution in [0.25, 0.3) is 0 Å². The van der Waals surface area contributed by atoms with Gasteiger partial charge in [0.05, 0.1) is 16.7 Å². The van der Waals surface area contributed by atoms with E-state index in [0.29, 0.717) is 0 Å². The minimum Gasteiger partial charge on any atom is -0.478 e. The van der Waals surface area contributed by atoms with Crippen molar-refractivity contribution in [1.29, 1.82) is 0 Å². The summed E-state index contributed by atoms with van der Waals surface area (Å²) in [6.07, 6.45) is 0. The van der Waals surface area contributed by atoms with Gasteiger partial charge >= 0.3 is 17.9 Å². The van der Waals surface area contributed by atoms with E-state index in [1.807, 2.05) is 0 Å². The molecule has 0 fully saturated rings. The number of hydrogen-bond acceptors (Lipinski definition) is 3. The molecule has 0 heterocycles. The van der Waals surface area contributed by atoms with Gasteiger partial charge in [0.25, 0.3) is 0 Å². The monoisotopic (exact) mass is 367 g/mol. The molecule has 0 saturated heterocycles. The van der Waals surface area contributed by atoms with Crippen LogP contribution in [0.1, 0.15) is 31.1 Å². The van der Waals surface area contributed by atoms with E-state index in [2.05, 4.69) is 0 Å². The molecule has 8 heteroatoms. The zero-order valence-corrected chi connectivity index (χ0v) is 12.0. The van der Waals surface area contributed by atoms with Crippen molar-refractivity contribution in [1.82, 2.24) is 0 Å². The second-order valence-electron chi connectivity index (χ2n) is 2.68. The number of carboxylic acids is 3. The molecule has 0 atom stereocenters. The van der Waals surface area contributed by atoms with Crippen molar-refractivity contribution >= 4 is 17.9 Å². The molecule has 7 nitrogen and oxygen atoms in total. The summed E-state index contributed by atoms with van der Waals surface area (Å²) in [5.41, 5.74) is -1.24. The van der Waals surface area contributed by atoms with Crippen LogP contribution in [0.3, 0.4) is 0 Å². The number of hydrogen-bond donors (Lipinski definition) is 3. The summed E-state index contributed by atoms with van der Waals surface area (Å²) < 4.78 is 0. The summed E-state index contributed by atoms with van der Waals surface area (Å²) in [6, 6.07) is 2.81. The first-order valence-corrected chi connectivity index (χ1v) is 3.77. The van der Waals surface area contributed by atoms with Gasteiger partial charge in [0, 0.05) is 35.6 Å². The molecule has 1 aromatic carbocycles. The van der Waals surface area contributed by atoms with E-state index in [4.69, 9.17) is 15.3 Å². The number of aromatic carboxylic acids is 3. The molecule has 17 heavy (non-hydrogen) atoms. The third-order valence-electron chi connectivity index (χ3n) is 1.73. The van der Waals surface area contributed by atoms with Gasteiger partial charge in [-0.1, -0.05) is 0 Å². The van der Waals surface area contributed by atoms with Crippen LogP contribution in [0, 0.1) is 35.6 Å². The molecule has 0 aliphatic heterocycles.